The number of hydrogen-bond donors (Lipinski definition) is 8. The number of phenols is 1. The topological polar surface area (TPSA) is 208 Å². The van der Waals surface area contributed by atoms with E-state index in [4.69, 9.17) is 23.7 Å². The van der Waals surface area contributed by atoms with Gasteiger partial charge in [0.25, 0.3) is 0 Å². The normalized spacial score (nSPS) is 24.8. The predicted molar refractivity (Wildman–Crippen MR) is 135 cm³/mol. The number of hydrogen-bond acceptors (Lipinski definition) is 13. The van der Waals surface area contributed by atoms with E-state index in [0.717, 1.165) is 0 Å². The first-order chi connectivity index (χ1) is 18.7. The maximum atomic E-state index is 11.0. The first-order valence-corrected chi connectivity index (χ1v) is 12.0. The maximum Gasteiger partial charge on any atom is 0.229 e. The number of rotatable bonds is 12. The Morgan fingerprint density at radius 1 is 0.923 bits per heavy atom. The van der Waals surface area contributed by atoms with Gasteiger partial charge in [-0.2, -0.15) is 0 Å². The third-order valence-corrected chi connectivity index (χ3v) is 6.12. The fourth-order valence-electron chi connectivity index (χ4n) is 3.97. The van der Waals surface area contributed by atoms with Crippen molar-refractivity contribution >= 4 is 6.08 Å². The van der Waals surface area contributed by atoms with Crippen LogP contribution in [0.5, 0.6) is 28.7 Å². The highest BCUT2D eigenvalue weighted by Gasteiger charge is 2.45. The molecule has 1 aliphatic heterocycles. The molecule has 0 spiro atoms. The van der Waals surface area contributed by atoms with Gasteiger partial charge in [0.15, 0.2) is 29.1 Å². The van der Waals surface area contributed by atoms with Crippen LogP contribution in [0, 0.1) is 0 Å². The van der Waals surface area contributed by atoms with E-state index in [9.17, 15) is 40.9 Å². The molecule has 1 fully saturated rings. The number of ether oxygens (including phenoxy) is 5. The maximum absolute atomic E-state index is 11.0. The standard InChI is InChI=1S/C26H34O13/c1-35-16-10-14(5-6-15(16)30)21(31)19(11-28)37-25-17(36-2)8-13(4-3-7-27)9-18(25)38-26-24(34)23(33)22(32)20(12-29)39-26/h3-6,8-10,19-24,26-34H,7,11-12H2,1-2H3/b4-3+/t19-,20-,21+,22-,23+,24-,26-/m1/s1. The van der Waals surface area contributed by atoms with Crippen molar-refractivity contribution in [1.82, 2.24) is 0 Å². The fraction of sp³-hybridized carbons (Fsp3) is 0.462. The molecule has 7 atom stereocenters. The average molecular weight is 555 g/mol. The van der Waals surface area contributed by atoms with E-state index < -0.39 is 56.1 Å². The van der Waals surface area contributed by atoms with Crippen molar-refractivity contribution in [3.05, 3.63) is 47.5 Å². The van der Waals surface area contributed by atoms with E-state index >= 15 is 0 Å². The molecule has 3 rings (SSSR count). The van der Waals surface area contributed by atoms with Crippen LogP contribution >= 0.6 is 0 Å². The first kappa shape index (κ1) is 30.4. The quantitative estimate of drug-likeness (QED) is 0.160. The molecule has 1 saturated heterocycles. The summed E-state index contributed by atoms with van der Waals surface area (Å²) in [4.78, 5) is 0. The Morgan fingerprint density at radius 2 is 1.62 bits per heavy atom. The summed E-state index contributed by atoms with van der Waals surface area (Å²) in [7, 11) is 2.67. The lowest BCUT2D eigenvalue weighted by atomic mass is 9.99. The SMILES string of the molecule is COc1cc([C@H](O)[C@@H](CO)Oc2c(OC)cc(/C=C/CO)cc2O[C@@H]2O[C@H](CO)[C@@H](O)[C@H](O)[C@H]2O)ccc1O. The molecule has 0 unspecified atom stereocenters. The Balaban J connectivity index is 2.01. The number of aliphatic hydroxyl groups is 7. The van der Waals surface area contributed by atoms with Crippen molar-refractivity contribution < 1.29 is 64.5 Å². The molecule has 1 heterocycles. The van der Waals surface area contributed by atoms with E-state index in [1.54, 1.807) is 0 Å². The Hall–Kier alpha value is -3.14. The highest BCUT2D eigenvalue weighted by atomic mass is 16.7. The van der Waals surface area contributed by atoms with Crippen LogP contribution in [-0.4, -0.2) is 112 Å². The molecular weight excluding hydrogens is 520 g/mol. The first-order valence-electron chi connectivity index (χ1n) is 12.0. The second-order valence-corrected chi connectivity index (χ2v) is 8.67. The van der Waals surface area contributed by atoms with Crippen LogP contribution in [-0.2, 0) is 4.74 Å². The Labute approximate surface area is 224 Å². The Morgan fingerprint density at radius 3 is 2.23 bits per heavy atom. The lowest BCUT2D eigenvalue weighted by molar-refractivity contribution is -0.277. The molecule has 0 bridgehead atoms. The van der Waals surface area contributed by atoms with Crippen LogP contribution in [0.3, 0.4) is 0 Å². The van der Waals surface area contributed by atoms with Crippen LogP contribution in [0.1, 0.15) is 17.2 Å². The van der Waals surface area contributed by atoms with Crippen LogP contribution in [0.2, 0.25) is 0 Å². The molecule has 13 nitrogen and oxygen atoms in total. The summed E-state index contributed by atoms with van der Waals surface area (Å²) in [5.41, 5.74) is 0.707. The summed E-state index contributed by atoms with van der Waals surface area (Å²) in [6.07, 6.45) is -7.63. The summed E-state index contributed by atoms with van der Waals surface area (Å²) in [5.74, 6) is -0.237. The molecular formula is C26H34O13. The van der Waals surface area contributed by atoms with Crippen molar-refractivity contribution in [2.75, 3.05) is 34.0 Å². The number of aromatic hydroxyl groups is 1. The van der Waals surface area contributed by atoms with E-state index in [1.807, 2.05) is 0 Å². The third-order valence-electron chi connectivity index (χ3n) is 6.12. The monoisotopic (exact) mass is 554 g/mol. The van der Waals surface area contributed by atoms with Gasteiger partial charge in [-0.15, -0.1) is 0 Å². The Kier molecular flexibility index (Phi) is 10.7. The van der Waals surface area contributed by atoms with Gasteiger partial charge in [0, 0.05) is 0 Å². The Bertz CT molecular complexity index is 1110. The summed E-state index contributed by atoms with van der Waals surface area (Å²) in [6.45, 7) is -1.62. The summed E-state index contributed by atoms with van der Waals surface area (Å²) in [6, 6.07) is 7.04. The molecule has 0 radical (unpaired) electrons. The van der Waals surface area contributed by atoms with Crippen LogP contribution in [0.4, 0.5) is 0 Å². The highest BCUT2D eigenvalue weighted by Crippen LogP contribution is 2.42. The molecule has 39 heavy (non-hydrogen) atoms. The largest absolute Gasteiger partial charge is 0.504 e. The van der Waals surface area contributed by atoms with Gasteiger partial charge in [-0.05, 0) is 35.4 Å². The van der Waals surface area contributed by atoms with E-state index in [2.05, 4.69) is 0 Å². The van der Waals surface area contributed by atoms with E-state index in [-0.39, 0.29) is 40.9 Å². The number of phenolic OH excluding ortho intramolecular Hbond substituents is 1. The number of aliphatic hydroxyl groups excluding tert-OH is 7. The van der Waals surface area contributed by atoms with Crippen molar-refractivity contribution in [2.45, 2.75) is 42.9 Å². The molecule has 13 heteroatoms. The van der Waals surface area contributed by atoms with Crippen LogP contribution < -0.4 is 18.9 Å². The smallest absolute Gasteiger partial charge is 0.229 e. The van der Waals surface area contributed by atoms with Crippen LogP contribution in [0.15, 0.2) is 36.4 Å². The fourth-order valence-corrected chi connectivity index (χ4v) is 3.97. The zero-order chi connectivity index (χ0) is 28.7. The van der Waals surface area contributed by atoms with Gasteiger partial charge in [-0.1, -0.05) is 18.2 Å². The molecule has 216 valence electrons. The molecule has 1 aliphatic rings. The van der Waals surface area contributed by atoms with E-state index in [1.165, 1.54) is 56.7 Å². The van der Waals surface area contributed by atoms with Crippen molar-refractivity contribution in [1.29, 1.82) is 0 Å². The minimum absolute atomic E-state index is 0.0728. The molecule has 2 aromatic carbocycles. The second kappa shape index (κ2) is 13.8. The minimum Gasteiger partial charge on any atom is -0.504 e. The van der Waals surface area contributed by atoms with Gasteiger partial charge in [0.2, 0.25) is 12.0 Å². The van der Waals surface area contributed by atoms with Gasteiger partial charge in [0.1, 0.15) is 30.5 Å². The van der Waals surface area contributed by atoms with Gasteiger partial charge in [-0.25, -0.2) is 0 Å². The van der Waals surface area contributed by atoms with Gasteiger partial charge < -0.3 is 64.5 Å². The number of methoxy groups -OCH3 is 2. The average Bonchev–Trinajstić information content (AvgIpc) is 2.95. The summed E-state index contributed by atoms with van der Waals surface area (Å²) < 4.78 is 27.7. The molecule has 8 N–H and O–H groups in total. The molecule has 0 saturated carbocycles. The predicted octanol–water partition coefficient (Wildman–Crippen LogP) is -0.933. The van der Waals surface area contributed by atoms with Crippen molar-refractivity contribution in [2.24, 2.45) is 0 Å². The van der Waals surface area contributed by atoms with Gasteiger partial charge in [-0.3, -0.25) is 0 Å². The van der Waals surface area contributed by atoms with Gasteiger partial charge >= 0.3 is 0 Å². The van der Waals surface area contributed by atoms with Crippen molar-refractivity contribution in [3.8, 4) is 28.7 Å². The molecule has 0 amide bonds. The zero-order valence-electron chi connectivity index (χ0n) is 21.3. The van der Waals surface area contributed by atoms with Crippen LogP contribution in [0.25, 0.3) is 6.08 Å². The summed E-state index contributed by atoms with van der Waals surface area (Å²) in [5, 5.41) is 80.3. The third kappa shape index (κ3) is 6.90. The zero-order valence-corrected chi connectivity index (χ0v) is 21.3. The molecule has 0 aromatic heterocycles. The lowest BCUT2D eigenvalue weighted by Gasteiger charge is -2.39. The van der Waals surface area contributed by atoms with E-state index in [0.29, 0.717) is 5.56 Å². The molecule has 0 aliphatic carbocycles. The lowest BCUT2D eigenvalue weighted by Crippen LogP contribution is -2.60. The molecule has 2 aromatic rings. The highest BCUT2D eigenvalue weighted by molar-refractivity contribution is 5.62. The van der Waals surface area contributed by atoms with Gasteiger partial charge in [0.05, 0.1) is 34.0 Å². The minimum atomic E-state index is -1.73. The van der Waals surface area contributed by atoms with Crippen molar-refractivity contribution in [3.63, 3.8) is 0 Å². The second-order valence-electron chi connectivity index (χ2n) is 8.67. The number of benzene rings is 2. The summed E-state index contributed by atoms with van der Waals surface area (Å²) >= 11 is 0.